The first-order valence-electron chi connectivity index (χ1n) is 10.8. The van der Waals surface area contributed by atoms with Crippen LogP contribution in [0.25, 0.3) is 0 Å². The number of esters is 1. The molecule has 0 bridgehead atoms. The van der Waals surface area contributed by atoms with Crippen LogP contribution in [0.5, 0.6) is 0 Å². The number of hydrogen-bond donors (Lipinski definition) is 1. The molecule has 0 aliphatic carbocycles. The number of hydrogen-bond acceptors (Lipinski definition) is 6. The summed E-state index contributed by atoms with van der Waals surface area (Å²) in [4.78, 5) is 35.8. The van der Waals surface area contributed by atoms with Crippen molar-refractivity contribution < 1.29 is 75.6 Å². The van der Waals surface area contributed by atoms with E-state index >= 15 is 0 Å². The fourth-order valence-electron chi connectivity index (χ4n) is 3.24. The summed E-state index contributed by atoms with van der Waals surface area (Å²) in [5, 5.41) is 17.3. The average Bonchev–Trinajstić information content (AvgIpc) is 3.05. The molecule has 2 aromatic rings. The van der Waals surface area contributed by atoms with E-state index in [4.69, 9.17) is 15.1 Å². The molecule has 2 aromatic carbocycles. The molecule has 2 unspecified atom stereocenters. The van der Waals surface area contributed by atoms with E-state index in [0.29, 0.717) is 12.9 Å². The second kappa shape index (κ2) is 17.3. The first kappa shape index (κ1) is 34.7. The molecule has 0 saturated carbocycles. The summed E-state index contributed by atoms with van der Waals surface area (Å²) in [7, 11) is 0. The van der Waals surface area contributed by atoms with Crippen molar-refractivity contribution >= 4 is 55.5 Å². The molecule has 1 aliphatic rings. The van der Waals surface area contributed by atoms with Crippen LogP contribution in [0.3, 0.4) is 0 Å². The number of benzene rings is 2. The summed E-state index contributed by atoms with van der Waals surface area (Å²) in [5.41, 5.74) is 4.11. The number of nitrogens with one attached hydrogen (secondary N) is 1. The fourth-order valence-corrected chi connectivity index (χ4v) is 3.73. The first-order chi connectivity index (χ1) is 16.5. The van der Waals surface area contributed by atoms with E-state index < -0.39 is 6.04 Å². The van der Waals surface area contributed by atoms with Gasteiger partial charge in [-0.1, -0.05) is 50.9 Å². The molecule has 1 fully saturated rings. The van der Waals surface area contributed by atoms with Crippen LogP contribution in [-0.4, -0.2) is 30.6 Å². The Morgan fingerprint density at radius 2 is 1.69 bits per heavy atom. The number of carbonyl (C=O) groups is 3. The third-order valence-electron chi connectivity index (χ3n) is 5.09. The third kappa shape index (κ3) is 10.6. The van der Waals surface area contributed by atoms with Gasteiger partial charge in [0.25, 0.3) is 5.91 Å². The van der Waals surface area contributed by atoms with Gasteiger partial charge >= 0.3 is 63.4 Å². The van der Waals surface area contributed by atoms with Gasteiger partial charge in [0, 0.05) is 20.9 Å². The minimum absolute atomic E-state index is 0. The standard InChI is InChI=1S/C13H17BrO2.C11H11BrN2O2.CHNO.K/c1-4-16-13(15)10(3)8-11-5-6-12(14)9(2)7-11;1-6-5-8(3-4-9(6)12)14-7(2)10(15)13-11(14)16;2-1-3;/h5-7,10H,4,8H2,1-3H3;3-5,7H,1-2H3,(H,13,15,16);3H;/q;;;+1/p-1. The maximum absolute atomic E-state index is 11.6. The summed E-state index contributed by atoms with van der Waals surface area (Å²) >= 11 is 6.85. The van der Waals surface area contributed by atoms with Crippen LogP contribution in [0.1, 0.15) is 37.5 Å². The fraction of sp³-hybridized carbons (Fsp3) is 0.360. The zero-order valence-corrected chi connectivity index (χ0v) is 27.5. The number of rotatable bonds is 5. The number of urea groups is 1. The number of ether oxygens (including phenoxy) is 1. The van der Waals surface area contributed by atoms with Crippen molar-refractivity contribution in [3.63, 3.8) is 0 Å². The van der Waals surface area contributed by atoms with E-state index in [1.807, 2.05) is 58.0 Å². The van der Waals surface area contributed by atoms with Crippen LogP contribution >= 0.6 is 31.9 Å². The molecule has 3 rings (SSSR count). The van der Waals surface area contributed by atoms with E-state index in [0.717, 1.165) is 26.6 Å². The maximum Gasteiger partial charge on any atom is 1.00 e. The van der Waals surface area contributed by atoms with Crippen LogP contribution in [-0.2, 0) is 20.7 Å². The van der Waals surface area contributed by atoms with Crippen molar-refractivity contribution in [2.75, 3.05) is 11.5 Å². The van der Waals surface area contributed by atoms with Crippen LogP contribution in [0.2, 0.25) is 0 Å². The number of halogens is 2. The third-order valence-corrected chi connectivity index (χ3v) is 6.87. The van der Waals surface area contributed by atoms with Gasteiger partial charge in [0.15, 0.2) is 0 Å². The van der Waals surface area contributed by atoms with Crippen molar-refractivity contribution in [3.05, 3.63) is 62.0 Å². The Morgan fingerprint density at radius 1 is 1.17 bits per heavy atom. The van der Waals surface area contributed by atoms with E-state index in [1.54, 1.807) is 6.92 Å². The van der Waals surface area contributed by atoms with Gasteiger partial charge in [0.2, 0.25) is 0 Å². The van der Waals surface area contributed by atoms with Crippen LogP contribution in [0.4, 0.5) is 10.5 Å². The van der Waals surface area contributed by atoms with Gasteiger partial charge in [-0.2, -0.15) is 0 Å². The Morgan fingerprint density at radius 3 is 2.14 bits per heavy atom. The second-order valence-corrected chi connectivity index (χ2v) is 9.51. The normalized spacial score (nSPS) is 14.6. The Balaban J connectivity index is 0.000000599. The minimum Gasteiger partial charge on any atom is -0.812 e. The van der Waals surface area contributed by atoms with Crippen molar-refractivity contribution in [2.45, 2.75) is 47.1 Å². The second-order valence-electron chi connectivity index (χ2n) is 7.81. The van der Waals surface area contributed by atoms with Crippen LogP contribution < -0.4 is 66.7 Å². The number of amides is 3. The molecule has 8 nitrogen and oxygen atoms in total. The van der Waals surface area contributed by atoms with Gasteiger partial charge in [-0.3, -0.25) is 19.8 Å². The summed E-state index contributed by atoms with van der Waals surface area (Å²) in [5.74, 6) is -0.464. The number of nitriles is 1. The van der Waals surface area contributed by atoms with Gasteiger partial charge in [-0.25, -0.2) is 10.1 Å². The van der Waals surface area contributed by atoms with E-state index in [1.165, 1.54) is 16.0 Å². The van der Waals surface area contributed by atoms with Crippen molar-refractivity contribution in [2.24, 2.45) is 5.92 Å². The zero-order valence-electron chi connectivity index (χ0n) is 21.2. The smallest absolute Gasteiger partial charge is 0.812 e. The number of nitrogens with zero attached hydrogens (tertiary/aromatic N) is 2. The average molecular weight is 649 g/mol. The molecule has 188 valence electrons. The van der Waals surface area contributed by atoms with E-state index in [2.05, 4.69) is 43.2 Å². The topological polar surface area (TPSA) is 123 Å². The van der Waals surface area contributed by atoms with Crippen LogP contribution in [0.15, 0.2) is 45.3 Å². The SMILES string of the molecule is CCOC(=O)C(C)Cc1ccc(Br)c(C)c1.Cc1cc(N2C(=O)NC(=O)C2C)ccc1Br.N#C[O-].[K+]. The monoisotopic (exact) mass is 647 g/mol. The molecule has 0 aromatic heterocycles. The largest absolute Gasteiger partial charge is 1.00 e. The predicted molar refractivity (Wildman–Crippen MR) is 138 cm³/mol. The number of aryl methyl sites for hydroxylation is 2. The van der Waals surface area contributed by atoms with Gasteiger partial charge in [0.05, 0.1) is 12.5 Å². The predicted octanol–water partition coefficient (Wildman–Crippen LogP) is 1.53. The molecule has 1 N–H and O–H groups in total. The molecule has 0 spiro atoms. The minimum atomic E-state index is -0.451. The van der Waals surface area contributed by atoms with Crippen molar-refractivity contribution in [3.8, 4) is 6.26 Å². The number of imide groups is 1. The van der Waals surface area contributed by atoms with Crippen LogP contribution in [0, 0.1) is 31.3 Å². The van der Waals surface area contributed by atoms with Crippen molar-refractivity contribution in [1.29, 1.82) is 5.26 Å². The number of carbonyl (C=O) groups excluding carboxylic acids is 3. The maximum atomic E-state index is 11.6. The molecular formula is C25H28Br2KN3O5. The summed E-state index contributed by atoms with van der Waals surface area (Å²) in [6.07, 6.45) is 1.23. The van der Waals surface area contributed by atoms with E-state index in [9.17, 15) is 14.4 Å². The molecule has 1 saturated heterocycles. The summed E-state index contributed by atoms with van der Waals surface area (Å²) in [6.45, 7) is 9.86. The molecule has 36 heavy (non-hydrogen) atoms. The van der Waals surface area contributed by atoms with Gasteiger partial charge < -0.3 is 9.84 Å². The quantitative estimate of drug-likeness (QED) is 0.227. The van der Waals surface area contributed by atoms with Gasteiger partial charge in [-0.15, -0.1) is 0 Å². The molecule has 1 heterocycles. The molecule has 11 heteroatoms. The van der Waals surface area contributed by atoms with Gasteiger partial charge in [-0.05, 0) is 75.1 Å². The zero-order chi connectivity index (χ0) is 26.7. The van der Waals surface area contributed by atoms with Crippen molar-refractivity contribution in [1.82, 2.24) is 5.32 Å². The molecule has 2 atom stereocenters. The van der Waals surface area contributed by atoms with E-state index in [-0.39, 0.29) is 75.2 Å². The summed E-state index contributed by atoms with van der Waals surface area (Å²) in [6, 6.07) is 10.9. The van der Waals surface area contributed by atoms with Gasteiger partial charge in [0.1, 0.15) is 6.04 Å². The Labute approximate surface area is 271 Å². The summed E-state index contributed by atoms with van der Waals surface area (Å²) < 4.78 is 7.06. The Hall–Kier alpha value is -1.26. The Kier molecular flexibility index (Phi) is 16.7. The first-order valence-corrected chi connectivity index (χ1v) is 12.4. The molecular weight excluding hydrogens is 621 g/mol. The number of anilines is 1. The molecule has 3 amide bonds. The molecule has 0 radical (unpaired) electrons. The molecule has 1 aliphatic heterocycles. The Bertz CT molecular complexity index is 1110.